The van der Waals surface area contributed by atoms with Crippen LogP contribution >= 0.6 is 0 Å². The maximum Gasteiger partial charge on any atom is 0.0658 e. The van der Waals surface area contributed by atoms with Crippen LogP contribution in [0.1, 0.15) is 120 Å². The van der Waals surface area contributed by atoms with Crippen LogP contribution in [0.3, 0.4) is 0 Å². The molecule has 2 aliphatic rings. The van der Waals surface area contributed by atoms with E-state index in [2.05, 4.69) is 44.2 Å². The molecule has 0 N–H and O–H groups in total. The van der Waals surface area contributed by atoms with E-state index in [9.17, 15) is 5.26 Å². The van der Waals surface area contributed by atoms with Crippen LogP contribution in [-0.4, -0.2) is 0 Å². The van der Waals surface area contributed by atoms with Crippen LogP contribution < -0.4 is 0 Å². The molecule has 3 unspecified atom stereocenters. The molecule has 0 radical (unpaired) electrons. The molecule has 0 bridgehead atoms. The predicted octanol–water partition coefficient (Wildman–Crippen LogP) is 8.36. The summed E-state index contributed by atoms with van der Waals surface area (Å²) >= 11 is 0. The first-order valence-electron chi connectivity index (χ1n) is 12.2. The van der Waals surface area contributed by atoms with Crippen LogP contribution in [0.15, 0.2) is 24.3 Å². The third-order valence-electron chi connectivity index (χ3n) is 7.76. The lowest BCUT2D eigenvalue weighted by Gasteiger charge is -2.33. The van der Waals surface area contributed by atoms with Gasteiger partial charge in [0, 0.05) is 5.92 Å². The fourth-order valence-corrected chi connectivity index (χ4v) is 5.93. The summed E-state index contributed by atoms with van der Waals surface area (Å²) < 4.78 is 0. The average molecular weight is 380 g/mol. The Morgan fingerprint density at radius 3 is 2.04 bits per heavy atom. The molecule has 28 heavy (non-hydrogen) atoms. The van der Waals surface area contributed by atoms with Crippen LogP contribution in [-0.2, 0) is 0 Å². The van der Waals surface area contributed by atoms with Gasteiger partial charge in [0.1, 0.15) is 0 Å². The van der Waals surface area contributed by atoms with Crippen molar-refractivity contribution in [3.8, 4) is 6.07 Å². The molecule has 0 saturated heterocycles. The highest BCUT2D eigenvalue weighted by Crippen LogP contribution is 2.42. The average Bonchev–Trinajstić information content (AvgIpc) is 2.75. The highest BCUT2D eigenvalue weighted by Gasteiger charge is 2.31. The smallest absolute Gasteiger partial charge is 0.0658 e. The van der Waals surface area contributed by atoms with E-state index < -0.39 is 0 Å². The molecular weight excluding hydrogens is 338 g/mol. The van der Waals surface area contributed by atoms with Gasteiger partial charge in [-0.05, 0) is 86.2 Å². The predicted molar refractivity (Wildman–Crippen MR) is 119 cm³/mol. The zero-order valence-corrected chi connectivity index (χ0v) is 18.3. The summed E-state index contributed by atoms with van der Waals surface area (Å²) in [6.45, 7) is 4.58. The highest BCUT2D eigenvalue weighted by molar-refractivity contribution is 5.28. The Labute approximate surface area is 173 Å². The van der Waals surface area contributed by atoms with Crippen molar-refractivity contribution in [1.29, 1.82) is 5.26 Å². The largest absolute Gasteiger partial charge is 0.198 e. The second-order valence-electron chi connectivity index (χ2n) is 9.67. The van der Waals surface area contributed by atoms with Gasteiger partial charge in [0.05, 0.1) is 6.07 Å². The molecule has 1 aromatic carbocycles. The molecule has 0 amide bonds. The molecule has 1 heteroatoms. The van der Waals surface area contributed by atoms with E-state index in [1.165, 1.54) is 82.6 Å². The Morgan fingerprint density at radius 2 is 1.43 bits per heavy atom. The Morgan fingerprint density at radius 1 is 0.786 bits per heavy atom. The lowest BCUT2D eigenvalue weighted by Crippen LogP contribution is -2.23. The third-order valence-corrected chi connectivity index (χ3v) is 7.76. The summed E-state index contributed by atoms with van der Waals surface area (Å²) in [5.74, 6) is 3.27. The fourth-order valence-electron chi connectivity index (χ4n) is 5.93. The topological polar surface area (TPSA) is 23.8 Å². The molecule has 3 rings (SSSR count). The van der Waals surface area contributed by atoms with Crippen LogP contribution in [0.25, 0.3) is 0 Å². The van der Waals surface area contributed by atoms with Gasteiger partial charge in [-0.15, -0.1) is 0 Å². The molecular formula is C27H41N. The van der Waals surface area contributed by atoms with E-state index in [1.54, 1.807) is 5.56 Å². The van der Waals surface area contributed by atoms with Crippen molar-refractivity contribution in [2.45, 2.75) is 109 Å². The van der Waals surface area contributed by atoms with E-state index in [0.29, 0.717) is 11.8 Å². The standard InChI is InChI=1S/C27H41N/c1-3-5-6-8-22-17-18-26(19-27(22)20-28)25-15-13-24(14-16-25)23-11-9-21(7-4-2)10-12-23/h13-16,21-23,26-27H,3-12,17-19H2,1-2H3/t21-,22?,23-,26?,27?. The molecule has 0 heterocycles. The van der Waals surface area contributed by atoms with Crippen LogP contribution in [0.5, 0.6) is 0 Å². The lowest BCUT2D eigenvalue weighted by atomic mass is 9.70. The summed E-state index contributed by atoms with van der Waals surface area (Å²) in [6, 6.07) is 12.3. The monoisotopic (exact) mass is 379 g/mol. The van der Waals surface area contributed by atoms with Crippen molar-refractivity contribution in [3.05, 3.63) is 35.4 Å². The number of unbranched alkanes of at least 4 members (excludes halogenated alkanes) is 2. The highest BCUT2D eigenvalue weighted by atomic mass is 14.4. The van der Waals surface area contributed by atoms with Crippen molar-refractivity contribution in [1.82, 2.24) is 0 Å². The van der Waals surface area contributed by atoms with Gasteiger partial charge in [-0.2, -0.15) is 5.26 Å². The minimum atomic E-state index is 0.268. The second-order valence-corrected chi connectivity index (χ2v) is 9.67. The molecule has 2 fully saturated rings. The van der Waals surface area contributed by atoms with Crippen molar-refractivity contribution < 1.29 is 0 Å². The molecule has 1 aromatic rings. The molecule has 154 valence electrons. The summed E-state index contributed by atoms with van der Waals surface area (Å²) in [7, 11) is 0. The summed E-state index contributed by atoms with van der Waals surface area (Å²) in [5.41, 5.74) is 3.04. The molecule has 1 nitrogen and oxygen atoms in total. The minimum Gasteiger partial charge on any atom is -0.198 e. The number of hydrogen-bond donors (Lipinski definition) is 0. The number of hydrogen-bond acceptors (Lipinski definition) is 1. The third kappa shape index (κ3) is 5.62. The van der Waals surface area contributed by atoms with Crippen molar-refractivity contribution in [2.24, 2.45) is 17.8 Å². The number of nitriles is 1. The molecule has 2 saturated carbocycles. The zero-order valence-electron chi connectivity index (χ0n) is 18.3. The first kappa shape index (κ1) is 21.4. The molecule has 0 aromatic heterocycles. The van der Waals surface area contributed by atoms with Crippen molar-refractivity contribution in [3.63, 3.8) is 0 Å². The Kier molecular flexibility index (Phi) is 8.44. The Hall–Kier alpha value is -1.29. The van der Waals surface area contributed by atoms with E-state index in [-0.39, 0.29) is 5.92 Å². The van der Waals surface area contributed by atoms with E-state index >= 15 is 0 Å². The molecule has 0 spiro atoms. The van der Waals surface area contributed by atoms with E-state index in [0.717, 1.165) is 18.3 Å². The van der Waals surface area contributed by atoms with Gasteiger partial charge in [-0.25, -0.2) is 0 Å². The molecule has 0 aliphatic heterocycles. The van der Waals surface area contributed by atoms with Gasteiger partial charge in [0.2, 0.25) is 0 Å². The number of rotatable bonds is 8. The first-order valence-corrected chi connectivity index (χ1v) is 12.2. The maximum absolute atomic E-state index is 9.71. The lowest BCUT2D eigenvalue weighted by molar-refractivity contribution is 0.244. The SMILES string of the molecule is CCCCCC1CCC(c2ccc([C@H]3CC[C@H](CCC)CC3)cc2)CC1C#N. The first-order chi connectivity index (χ1) is 13.7. The van der Waals surface area contributed by atoms with Crippen molar-refractivity contribution in [2.75, 3.05) is 0 Å². The van der Waals surface area contributed by atoms with Crippen LogP contribution in [0.2, 0.25) is 0 Å². The van der Waals surface area contributed by atoms with Gasteiger partial charge in [0.25, 0.3) is 0 Å². The zero-order chi connectivity index (χ0) is 19.8. The van der Waals surface area contributed by atoms with Gasteiger partial charge >= 0.3 is 0 Å². The molecule has 3 atom stereocenters. The quantitative estimate of drug-likeness (QED) is 0.416. The normalized spacial score (nSPS) is 30.7. The summed E-state index contributed by atoms with van der Waals surface area (Å²) in [6.07, 6.45) is 17.1. The fraction of sp³-hybridized carbons (Fsp3) is 0.741. The van der Waals surface area contributed by atoms with E-state index in [1.807, 2.05) is 0 Å². The van der Waals surface area contributed by atoms with Crippen LogP contribution in [0.4, 0.5) is 0 Å². The van der Waals surface area contributed by atoms with Crippen molar-refractivity contribution >= 4 is 0 Å². The Bertz CT molecular complexity index is 602. The summed E-state index contributed by atoms with van der Waals surface area (Å²) in [4.78, 5) is 0. The Balaban J connectivity index is 1.53. The van der Waals surface area contributed by atoms with Gasteiger partial charge in [0.15, 0.2) is 0 Å². The minimum absolute atomic E-state index is 0.268. The number of benzene rings is 1. The van der Waals surface area contributed by atoms with Gasteiger partial charge < -0.3 is 0 Å². The van der Waals surface area contributed by atoms with Crippen LogP contribution in [0, 0.1) is 29.1 Å². The summed E-state index contributed by atoms with van der Waals surface area (Å²) in [5, 5.41) is 9.71. The second kappa shape index (κ2) is 11.0. The van der Waals surface area contributed by atoms with E-state index in [4.69, 9.17) is 0 Å². The van der Waals surface area contributed by atoms with Gasteiger partial charge in [-0.3, -0.25) is 0 Å². The maximum atomic E-state index is 9.71. The molecule has 2 aliphatic carbocycles. The van der Waals surface area contributed by atoms with Gasteiger partial charge in [-0.1, -0.05) is 70.2 Å². The number of nitrogens with zero attached hydrogens (tertiary/aromatic N) is 1.